The molecule has 3 aromatic carbocycles. The summed E-state index contributed by atoms with van der Waals surface area (Å²) >= 11 is 6.17. The van der Waals surface area contributed by atoms with Crippen LogP contribution in [-0.4, -0.2) is 50.0 Å². The number of hydrogen-bond acceptors (Lipinski definition) is 4. The van der Waals surface area contributed by atoms with E-state index in [4.69, 9.17) is 11.6 Å². The van der Waals surface area contributed by atoms with Crippen molar-refractivity contribution in [2.75, 3.05) is 17.1 Å². The third-order valence-corrected chi connectivity index (χ3v) is 8.47. The summed E-state index contributed by atoms with van der Waals surface area (Å²) < 4.78 is 26.7. The molecule has 3 aromatic rings. The van der Waals surface area contributed by atoms with Gasteiger partial charge in [-0.15, -0.1) is 0 Å². The number of hydrogen-bond donors (Lipinski definition) is 1. The van der Waals surface area contributed by atoms with Crippen LogP contribution in [0, 0.1) is 6.92 Å². The highest BCUT2D eigenvalue weighted by molar-refractivity contribution is 7.92. The number of carbonyl (C=O) groups excluding carboxylic acids is 2. The summed E-state index contributed by atoms with van der Waals surface area (Å²) in [5.41, 5.74) is 3.11. The maximum absolute atomic E-state index is 13.9. The lowest BCUT2D eigenvalue weighted by Gasteiger charge is -2.33. The zero-order valence-corrected chi connectivity index (χ0v) is 25.8. The summed E-state index contributed by atoms with van der Waals surface area (Å²) in [6.45, 7) is 6.12. The first-order valence-corrected chi connectivity index (χ1v) is 16.1. The van der Waals surface area contributed by atoms with E-state index in [1.54, 1.807) is 23.1 Å². The minimum Gasteiger partial charge on any atom is -0.352 e. The lowest BCUT2D eigenvalue weighted by atomic mass is 10.0. The Balaban J connectivity index is 1.89. The first kappa shape index (κ1) is 32.2. The van der Waals surface area contributed by atoms with Gasteiger partial charge in [0.15, 0.2) is 0 Å². The van der Waals surface area contributed by atoms with Crippen LogP contribution >= 0.6 is 11.6 Å². The van der Waals surface area contributed by atoms with Crippen LogP contribution in [0.4, 0.5) is 5.69 Å². The molecule has 0 saturated carbocycles. The Kier molecular flexibility index (Phi) is 11.8. The van der Waals surface area contributed by atoms with Crippen molar-refractivity contribution < 1.29 is 18.0 Å². The number of benzene rings is 3. The molecular weight excluding hydrogens is 558 g/mol. The number of aryl methyl sites for hydroxylation is 1. The molecule has 0 radical (unpaired) electrons. The van der Waals surface area contributed by atoms with Crippen LogP contribution in [0.5, 0.6) is 0 Å². The second-order valence-corrected chi connectivity index (χ2v) is 12.7. The molecule has 0 aliphatic heterocycles. The van der Waals surface area contributed by atoms with E-state index in [0.29, 0.717) is 17.1 Å². The van der Waals surface area contributed by atoms with Crippen molar-refractivity contribution in [3.63, 3.8) is 0 Å². The number of anilines is 1. The molecule has 9 heteroatoms. The Labute approximate surface area is 249 Å². The largest absolute Gasteiger partial charge is 0.352 e. The standard InChI is InChI=1S/C32H40ClN3O4S/c1-5-25(3)34-32(38)30(21-26-13-8-6-9-14-26)35(23-27-15-10-7-11-16-27)31(37)17-12-20-36(41(4,39)40)29-22-28(33)19-18-24(29)2/h6-11,13-16,18-19,22,25,30H,5,12,17,20-21,23H2,1-4H3,(H,34,38)/t25-,30+/m0/s1. The zero-order chi connectivity index (χ0) is 30.0. The number of nitrogens with zero attached hydrogens (tertiary/aromatic N) is 2. The number of amides is 2. The summed E-state index contributed by atoms with van der Waals surface area (Å²) in [6, 6.07) is 23.6. The van der Waals surface area contributed by atoms with Gasteiger partial charge in [-0.1, -0.05) is 85.3 Å². The molecule has 0 bridgehead atoms. The molecule has 0 spiro atoms. The molecule has 0 fully saturated rings. The SMILES string of the molecule is CC[C@H](C)NC(=O)[C@@H](Cc1ccccc1)N(Cc1ccccc1)C(=O)CCCN(c1cc(Cl)ccc1C)S(C)(=O)=O. The van der Waals surface area contributed by atoms with Gasteiger partial charge >= 0.3 is 0 Å². The van der Waals surface area contributed by atoms with E-state index in [1.807, 2.05) is 81.4 Å². The highest BCUT2D eigenvalue weighted by Gasteiger charge is 2.31. The fourth-order valence-electron chi connectivity index (χ4n) is 4.61. The monoisotopic (exact) mass is 597 g/mol. The predicted molar refractivity (Wildman–Crippen MR) is 166 cm³/mol. The van der Waals surface area contributed by atoms with Gasteiger partial charge in [-0.05, 0) is 55.5 Å². The van der Waals surface area contributed by atoms with Gasteiger partial charge in [0, 0.05) is 37.0 Å². The third-order valence-electron chi connectivity index (χ3n) is 7.06. The van der Waals surface area contributed by atoms with Gasteiger partial charge in [0.1, 0.15) is 6.04 Å². The predicted octanol–water partition coefficient (Wildman–Crippen LogP) is 5.75. The maximum atomic E-state index is 13.9. The van der Waals surface area contributed by atoms with Crippen LogP contribution < -0.4 is 9.62 Å². The van der Waals surface area contributed by atoms with Gasteiger partial charge in [0.05, 0.1) is 11.9 Å². The Hall–Kier alpha value is -3.36. The number of rotatable bonds is 14. The van der Waals surface area contributed by atoms with Gasteiger partial charge in [-0.3, -0.25) is 13.9 Å². The Morgan fingerprint density at radius 2 is 1.56 bits per heavy atom. The van der Waals surface area contributed by atoms with Gasteiger partial charge < -0.3 is 10.2 Å². The molecule has 0 aliphatic rings. The van der Waals surface area contributed by atoms with E-state index >= 15 is 0 Å². The molecule has 3 rings (SSSR count). The summed E-state index contributed by atoms with van der Waals surface area (Å²) in [7, 11) is -3.63. The summed E-state index contributed by atoms with van der Waals surface area (Å²) in [4.78, 5) is 29.1. The average Bonchev–Trinajstić information content (AvgIpc) is 2.94. The van der Waals surface area contributed by atoms with E-state index < -0.39 is 16.1 Å². The summed E-state index contributed by atoms with van der Waals surface area (Å²) in [5.74, 6) is -0.426. The van der Waals surface area contributed by atoms with Gasteiger partial charge in [0.2, 0.25) is 21.8 Å². The molecule has 41 heavy (non-hydrogen) atoms. The Morgan fingerprint density at radius 1 is 0.951 bits per heavy atom. The summed E-state index contributed by atoms with van der Waals surface area (Å²) in [5, 5.41) is 3.50. The van der Waals surface area contributed by atoms with Crippen LogP contribution in [0.1, 0.15) is 49.8 Å². The van der Waals surface area contributed by atoms with Crippen LogP contribution in [0.3, 0.4) is 0 Å². The fraction of sp³-hybridized carbons (Fsp3) is 0.375. The van der Waals surface area contributed by atoms with Crippen LogP contribution in [0.2, 0.25) is 5.02 Å². The van der Waals surface area contributed by atoms with E-state index in [9.17, 15) is 18.0 Å². The molecule has 1 N–H and O–H groups in total. The van der Waals surface area contributed by atoms with Crippen molar-refractivity contribution >= 4 is 39.1 Å². The molecule has 2 atom stereocenters. The first-order chi connectivity index (χ1) is 19.5. The minimum absolute atomic E-state index is 0.0429. The van der Waals surface area contributed by atoms with Gasteiger partial charge in [-0.2, -0.15) is 0 Å². The maximum Gasteiger partial charge on any atom is 0.243 e. The van der Waals surface area contributed by atoms with Crippen LogP contribution in [-0.2, 0) is 32.6 Å². The van der Waals surface area contributed by atoms with Crippen molar-refractivity contribution in [3.8, 4) is 0 Å². The lowest BCUT2D eigenvalue weighted by molar-refractivity contribution is -0.141. The first-order valence-electron chi connectivity index (χ1n) is 13.9. The average molecular weight is 598 g/mol. The smallest absolute Gasteiger partial charge is 0.243 e. The topological polar surface area (TPSA) is 86.8 Å². The molecule has 7 nitrogen and oxygen atoms in total. The molecule has 0 saturated heterocycles. The van der Waals surface area contributed by atoms with Crippen molar-refractivity contribution in [2.45, 2.75) is 65.1 Å². The molecule has 2 amide bonds. The fourth-order valence-corrected chi connectivity index (χ4v) is 5.79. The molecular formula is C32H40ClN3O4S. The molecule has 0 aromatic heterocycles. The summed E-state index contributed by atoms with van der Waals surface area (Å²) in [6.07, 6.45) is 2.61. The number of nitrogens with one attached hydrogen (secondary N) is 1. The van der Waals surface area contributed by atoms with Crippen LogP contribution in [0.15, 0.2) is 78.9 Å². The second kappa shape index (κ2) is 15.0. The van der Waals surface area contributed by atoms with Gasteiger partial charge in [-0.25, -0.2) is 8.42 Å². The minimum atomic E-state index is -3.63. The Morgan fingerprint density at radius 3 is 2.15 bits per heavy atom. The molecule has 0 unspecified atom stereocenters. The zero-order valence-electron chi connectivity index (χ0n) is 24.2. The van der Waals surface area contributed by atoms with Gasteiger partial charge in [0.25, 0.3) is 0 Å². The number of carbonyl (C=O) groups is 2. The Bertz CT molecular complexity index is 1400. The van der Waals surface area contributed by atoms with Crippen molar-refractivity contribution in [3.05, 3.63) is 101 Å². The number of sulfonamides is 1. The van der Waals surface area contributed by atoms with E-state index in [-0.39, 0.29) is 43.8 Å². The van der Waals surface area contributed by atoms with Crippen molar-refractivity contribution in [1.82, 2.24) is 10.2 Å². The van der Waals surface area contributed by atoms with E-state index in [0.717, 1.165) is 29.4 Å². The normalized spacial score (nSPS) is 12.8. The van der Waals surface area contributed by atoms with Crippen LogP contribution in [0.25, 0.3) is 0 Å². The molecule has 0 heterocycles. The third kappa shape index (κ3) is 9.61. The molecule has 220 valence electrons. The quantitative estimate of drug-likeness (QED) is 0.256. The molecule has 0 aliphatic carbocycles. The second-order valence-electron chi connectivity index (χ2n) is 10.4. The van der Waals surface area contributed by atoms with E-state index in [2.05, 4.69) is 5.32 Å². The van der Waals surface area contributed by atoms with Crippen molar-refractivity contribution in [2.24, 2.45) is 0 Å². The van der Waals surface area contributed by atoms with Crippen molar-refractivity contribution in [1.29, 1.82) is 0 Å². The number of halogens is 1. The highest BCUT2D eigenvalue weighted by Crippen LogP contribution is 2.27. The highest BCUT2D eigenvalue weighted by atomic mass is 35.5. The van der Waals surface area contributed by atoms with E-state index in [1.165, 1.54) is 4.31 Å². The lowest BCUT2D eigenvalue weighted by Crippen LogP contribution is -2.52.